The molecule has 24 heavy (non-hydrogen) atoms. The van der Waals surface area contributed by atoms with Crippen molar-refractivity contribution in [2.75, 3.05) is 20.8 Å². The maximum absolute atomic E-state index is 11.7. The molecule has 0 aliphatic heterocycles. The lowest BCUT2D eigenvalue weighted by Gasteiger charge is -2.16. The van der Waals surface area contributed by atoms with Crippen LogP contribution in [-0.2, 0) is 20.7 Å². The number of methoxy groups -OCH3 is 2. The van der Waals surface area contributed by atoms with Gasteiger partial charge in [-0.3, -0.25) is 9.59 Å². The summed E-state index contributed by atoms with van der Waals surface area (Å²) in [6.07, 6.45) is 0.0548. The van der Waals surface area contributed by atoms with Gasteiger partial charge in [-0.15, -0.1) is 0 Å². The number of carbonyl (C=O) groups is 2. The number of hydrogen-bond donors (Lipinski definition) is 2. The molecule has 0 fully saturated rings. The van der Waals surface area contributed by atoms with Gasteiger partial charge in [0.05, 0.1) is 7.11 Å². The van der Waals surface area contributed by atoms with E-state index in [4.69, 9.17) is 19.6 Å². The van der Waals surface area contributed by atoms with E-state index in [0.29, 0.717) is 22.3 Å². The maximum atomic E-state index is 11.7. The van der Waals surface area contributed by atoms with Crippen LogP contribution >= 0.6 is 0 Å². The van der Waals surface area contributed by atoms with Crippen molar-refractivity contribution in [2.45, 2.75) is 12.5 Å². The van der Waals surface area contributed by atoms with Crippen LogP contribution in [0, 0.1) is 0 Å². The normalized spacial score (nSPS) is 11.9. The van der Waals surface area contributed by atoms with E-state index >= 15 is 0 Å². The van der Waals surface area contributed by atoms with Crippen molar-refractivity contribution in [3.05, 3.63) is 40.2 Å². The number of amides is 2. The number of primary amides is 1. The van der Waals surface area contributed by atoms with E-state index in [1.54, 1.807) is 18.2 Å². The number of nitrogens with two attached hydrogens (primary N) is 1. The standard InChI is InChI=1S/C16H18N2O6/c1-22-8-14(19)18-12(16(17)21)5-9-6-15(20)24-13-7-10(23-2)3-4-11(9)13/h3-4,6-7,12H,5,8H2,1-2H3,(H2,17,21)(H,18,19)/t12-/m1/s1. The Morgan fingerprint density at radius 2 is 2.04 bits per heavy atom. The fraction of sp³-hybridized carbons (Fsp3) is 0.312. The van der Waals surface area contributed by atoms with Crippen molar-refractivity contribution in [1.82, 2.24) is 5.32 Å². The Kier molecular flexibility index (Phi) is 5.54. The number of benzene rings is 1. The van der Waals surface area contributed by atoms with Crippen LogP contribution in [0.5, 0.6) is 5.75 Å². The number of carbonyl (C=O) groups excluding carboxylic acids is 2. The van der Waals surface area contributed by atoms with Crippen LogP contribution in [0.3, 0.4) is 0 Å². The molecule has 2 rings (SSSR count). The molecule has 8 nitrogen and oxygen atoms in total. The molecular formula is C16H18N2O6. The molecule has 0 radical (unpaired) electrons. The number of fused-ring (bicyclic) bond motifs is 1. The van der Waals surface area contributed by atoms with E-state index in [0.717, 1.165) is 0 Å². The Bertz CT molecular complexity index is 814. The number of nitrogens with one attached hydrogen (secondary N) is 1. The quantitative estimate of drug-likeness (QED) is 0.685. The average molecular weight is 334 g/mol. The molecule has 0 saturated heterocycles. The Morgan fingerprint density at radius 3 is 2.67 bits per heavy atom. The van der Waals surface area contributed by atoms with Crippen LogP contribution in [0.25, 0.3) is 11.0 Å². The Hall–Kier alpha value is -2.87. The third-order valence-corrected chi connectivity index (χ3v) is 3.42. The first-order valence-corrected chi connectivity index (χ1v) is 7.13. The zero-order chi connectivity index (χ0) is 17.7. The van der Waals surface area contributed by atoms with E-state index in [1.165, 1.54) is 20.3 Å². The molecule has 0 unspecified atom stereocenters. The van der Waals surface area contributed by atoms with Gasteiger partial charge < -0.3 is 24.9 Å². The van der Waals surface area contributed by atoms with Crippen molar-refractivity contribution in [3.8, 4) is 5.75 Å². The molecule has 0 spiro atoms. The highest BCUT2D eigenvalue weighted by Gasteiger charge is 2.20. The number of ether oxygens (including phenoxy) is 2. The fourth-order valence-electron chi connectivity index (χ4n) is 2.32. The summed E-state index contributed by atoms with van der Waals surface area (Å²) >= 11 is 0. The fourth-order valence-corrected chi connectivity index (χ4v) is 2.32. The maximum Gasteiger partial charge on any atom is 0.336 e. The predicted molar refractivity (Wildman–Crippen MR) is 85.7 cm³/mol. The lowest BCUT2D eigenvalue weighted by Crippen LogP contribution is -2.47. The minimum atomic E-state index is -0.972. The summed E-state index contributed by atoms with van der Waals surface area (Å²) in [5.41, 5.74) is 5.62. The summed E-state index contributed by atoms with van der Waals surface area (Å²) in [6, 6.07) is 5.28. The summed E-state index contributed by atoms with van der Waals surface area (Å²) < 4.78 is 14.9. The monoisotopic (exact) mass is 334 g/mol. The summed E-state index contributed by atoms with van der Waals surface area (Å²) in [5.74, 6) is -0.660. The van der Waals surface area contributed by atoms with Gasteiger partial charge in [0, 0.05) is 31.0 Å². The largest absolute Gasteiger partial charge is 0.497 e. The predicted octanol–water partition coefficient (Wildman–Crippen LogP) is -0.0394. The molecular weight excluding hydrogens is 316 g/mol. The van der Waals surface area contributed by atoms with E-state index < -0.39 is 23.5 Å². The average Bonchev–Trinajstić information content (AvgIpc) is 2.53. The zero-order valence-electron chi connectivity index (χ0n) is 13.3. The van der Waals surface area contributed by atoms with E-state index in [1.807, 2.05) is 0 Å². The minimum absolute atomic E-state index is 0.0548. The SMILES string of the molecule is COCC(=O)N[C@H](Cc1cc(=O)oc2cc(OC)ccc12)C(N)=O. The summed E-state index contributed by atoms with van der Waals surface area (Å²) in [6.45, 7) is -0.196. The number of rotatable bonds is 7. The van der Waals surface area contributed by atoms with E-state index in [-0.39, 0.29) is 13.0 Å². The molecule has 1 atom stereocenters. The van der Waals surface area contributed by atoms with Crippen LogP contribution in [0.15, 0.2) is 33.5 Å². The molecule has 3 N–H and O–H groups in total. The van der Waals surface area contributed by atoms with E-state index in [2.05, 4.69) is 5.32 Å². The highest BCUT2D eigenvalue weighted by molar-refractivity contribution is 5.88. The molecule has 2 amide bonds. The van der Waals surface area contributed by atoms with Gasteiger partial charge in [0.1, 0.15) is 24.0 Å². The molecule has 2 aromatic rings. The molecule has 1 aromatic heterocycles. The van der Waals surface area contributed by atoms with Crippen LogP contribution in [0.4, 0.5) is 0 Å². The molecule has 0 aliphatic carbocycles. The molecule has 0 aliphatic rings. The highest BCUT2D eigenvalue weighted by atomic mass is 16.5. The molecule has 8 heteroatoms. The first kappa shape index (κ1) is 17.5. The third kappa shape index (κ3) is 4.11. The van der Waals surface area contributed by atoms with E-state index in [9.17, 15) is 14.4 Å². The van der Waals surface area contributed by atoms with Crippen molar-refractivity contribution in [3.63, 3.8) is 0 Å². The third-order valence-electron chi connectivity index (χ3n) is 3.42. The first-order chi connectivity index (χ1) is 11.4. The van der Waals surface area contributed by atoms with Crippen LogP contribution in [-0.4, -0.2) is 38.7 Å². The molecule has 128 valence electrons. The van der Waals surface area contributed by atoms with Gasteiger partial charge in [0.25, 0.3) is 0 Å². The second-order valence-electron chi connectivity index (χ2n) is 5.11. The zero-order valence-corrected chi connectivity index (χ0v) is 13.3. The smallest absolute Gasteiger partial charge is 0.336 e. The highest BCUT2D eigenvalue weighted by Crippen LogP contribution is 2.23. The van der Waals surface area contributed by atoms with Crippen molar-refractivity contribution in [2.24, 2.45) is 5.73 Å². The lowest BCUT2D eigenvalue weighted by atomic mass is 10.0. The van der Waals surface area contributed by atoms with Gasteiger partial charge in [0.2, 0.25) is 11.8 Å². The molecule has 1 heterocycles. The van der Waals surface area contributed by atoms with Gasteiger partial charge in [-0.1, -0.05) is 0 Å². The summed E-state index contributed by atoms with van der Waals surface area (Å²) in [7, 11) is 2.86. The Morgan fingerprint density at radius 1 is 1.29 bits per heavy atom. The van der Waals surface area contributed by atoms with Crippen LogP contribution < -0.4 is 21.4 Å². The topological polar surface area (TPSA) is 121 Å². The van der Waals surface area contributed by atoms with Gasteiger partial charge in [-0.2, -0.15) is 0 Å². The summed E-state index contributed by atoms with van der Waals surface area (Å²) in [5, 5.41) is 3.10. The second kappa shape index (κ2) is 7.60. The lowest BCUT2D eigenvalue weighted by molar-refractivity contribution is -0.129. The van der Waals surface area contributed by atoms with Crippen molar-refractivity contribution in [1.29, 1.82) is 0 Å². The Labute approximate surface area is 137 Å². The Balaban J connectivity index is 2.37. The molecule has 0 saturated carbocycles. The number of hydrogen-bond acceptors (Lipinski definition) is 6. The van der Waals surface area contributed by atoms with Crippen molar-refractivity contribution >= 4 is 22.8 Å². The van der Waals surface area contributed by atoms with Gasteiger partial charge in [-0.05, 0) is 17.7 Å². The molecule has 1 aromatic carbocycles. The van der Waals surface area contributed by atoms with Crippen LogP contribution in [0.2, 0.25) is 0 Å². The molecule has 0 bridgehead atoms. The van der Waals surface area contributed by atoms with Gasteiger partial charge >= 0.3 is 5.63 Å². The van der Waals surface area contributed by atoms with Gasteiger partial charge in [-0.25, -0.2) is 4.79 Å². The second-order valence-corrected chi connectivity index (χ2v) is 5.11. The van der Waals surface area contributed by atoms with Crippen LogP contribution in [0.1, 0.15) is 5.56 Å². The first-order valence-electron chi connectivity index (χ1n) is 7.13. The summed E-state index contributed by atoms with van der Waals surface area (Å²) in [4.78, 5) is 35.0. The minimum Gasteiger partial charge on any atom is -0.497 e. The van der Waals surface area contributed by atoms with Gasteiger partial charge in [0.15, 0.2) is 0 Å². The van der Waals surface area contributed by atoms with Crippen molar-refractivity contribution < 1.29 is 23.5 Å².